The fourth-order valence-electron chi connectivity index (χ4n) is 2.37. The molecule has 1 N–H and O–H groups in total. The molecule has 2 aromatic rings. The van der Waals surface area contributed by atoms with E-state index < -0.39 is 0 Å². The van der Waals surface area contributed by atoms with Gasteiger partial charge in [-0.25, -0.2) is 4.39 Å². The van der Waals surface area contributed by atoms with Gasteiger partial charge in [0.2, 0.25) is 0 Å². The minimum absolute atomic E-state index is 0.133. The summed E-state index contributed by atoms with van der Waals surface area (Å²) in [6.45, 7) is 4.73. The zero-order valence-corrected chi connectivity index (χ0v) is 12.4. The summed E-state index contributed by atoms with van der Waals surface area (Å²) in [7, 11) is 1.92. The van der Waals surface area contributed by atoms with Crippen molar-refractivity contribution in [3.63, 3.8) is 0 Å². The van der Waals surface area contributed by atoms with E-state index in [9.17, 15) is 4.39 Å². The number of nitrogens with zero attached hydrogens (tertiary/aromatic N) is 2. The highest BCUT2D eigenvalue weighted by Gasteiger charge is 2.12. The van der Waals surface area contributed by atoms with Crippen LogP contribution in [0.3, 0.4) is 0 Å². The third-order valence-electron chi connectivity index (χ3n) is 3.53. The summed E-state index contributed by atoms with van der Waals surface area (Å²) in [5.74, 6) is -0.133. The molecule has 2 rings (SSSR count). The third-order valence-corrected chi connectivity index (χ3v) is 3.53. The smallest absolute Gasteiger partial charge is 0.126 e. The summed E-state index contributed by atoms with van der Waals surface area (Å²) in [6.07, 6.45) is 5.78. The van der Waals surface area contributed by atoms with Crippen molar-refractivity contribution in [3.8, 4) is 0 Å². The first-order valence-electron chi connectivity index (χ1n) is 7.07. The lowest BCUT2D eigenvalue weighted by molar-refractivity contribution is 0.510. The van der Waals surface area contributed by atoms with E-state index in [1.807, 2.05) is 36.3 Å². The maximum atomic E-state index is 13.7. The Hall–Kier alpha value is -1.68. The van der Waals surface area contributed by atoms with Gasteiger partial charge >= 0.3 is 0 Å². The zero-order valence-electron chi connectivity index (χ0n) is 12.4. The molecule has 0 amide bonds. The van der Waals surface area contributed by atoms with E-state index in [1.54, 1.807) is 13.0 Å². The van der Waals surface area contributed by atoms with Crippen molar-refractivity contribution < 1.29 is 4.39 Å². The standard InChI is InChI=1S/C16H22FN3/c1-4-18-16(8-6-13-10-19-20(3)11-13)14-7-5-12(2)15(17)9-14/h5,7,9-11,16,18H,4,6,8H2,1-3H3. The molecule has 0 spiro atoms. The average molecular weight is 275 g/mol. The molecule has 1 aromatic heterocycles. The van der Waals surface area contributed by atoms with E-state index in [4.69, 9.17) is 0 Å². The minimum atomic E-state index is -0.133. The van der Waals surface area contributed by atoms with Crippen molar-refractivity contribution in [3.05, 3.63) is 53.1 Å². The summed E-state index contributed by atoms with van der Waals surface area (Å²) in [5.41, 5.74) is 2.91. The maximum Gasteiger partial charge on any atom is 0.126 e. The van der Waals surface area contributed by atoms with Crippen molar-refractivity contribution in [1.82, 2.24) is 15.1 Å². The normalized spacial score (nSPS) is 12.6. The first-order valence-corrected chi connectivity index (χ1v) is 7.07. The van der Waals surface area contributed by atoms with Gasteiger partial charge in [-0.1, -0.05) is 19.1 Å². The van der Waals surface area contributed by atoms with Crippen LogP contribution in [0.5, 0.6) is 0 Å². The van der Waals surface area contributed by atoms with Crippen LogP contribution in [0.4, 0.5) is 4.39 Å². The van der Waals surface area contributed by atoms with E-state index in [-0.39, 0.29) is 11.9 Å². The van der Waals surface area contributed by atoms with Crippen LogP contribution in [-0.2, 0) is 13.5 Å². The number of halogens is 1. The Morgan fingerprint density at radius 2 is 2.20 bits per heavy atom. The molecule has 0 fully saturated rings. The van der Waals surface area contributed by atoms with Gasteiger partial charge in [-0.2, -0.15) is 5.10 Å². The summed E-state index contributed by atoms with van der Waals surface area (Å²) < 4.78 is 15.5. The van der Waals surface area contributed by atoms with Crippen molar-refractivity contribution in [2.75, 3.05) is 6.54 Å². The summed E-state index contributed by atoms with van der Waals surface area (Å²) in [6, 6.07) is 5.68. The predicted molar refractivity (Wildman–Crippen MR) is 79.1 cm³/mol. The lowest BCUT2D eigenvalue weighted by atomic mass is 9.99. The summed E-state index contributed by atoms with van der Waals surface area (Å²) >= 11 is 0. The van der Waals surface area contributed by atoms with Gasteiger partial charge in [0.15, 0.2) is 0 Å². The molecule has 1 aromatic carbocycles. The van der Waals surface area contributed by atoms with E-state index in [0.29, 0.717) is 5.56 Å². The minimum Gasteiger partial charge on any atom is -0.310 e. The van der Waals surface area contributed by atoms with Crippen molar-refractivity contribution in [2.24, 2.45) is 7.05 Å². The second-order valence-electron chi connectivity index (χ2n) is 5.18. The molecule has 1 atom stereocenters. The van der Waals surface area contributed by atoms with Crippen LogP contribution < -0.4 is 5.32 Å². The van der Waals surface area contributed by atoms with Crippen molar-refractivity contribution >= 4 is 0 Å². The SMILES string of the molecule is CCNC(CCc1cnn(C)c1)c1ccc(C)c(F)c1. The molecule has 108 valence electrons. The van der Waals surface area contributed by atoms with Crippen LogP contribution in [-0.4, -0.2) is 16.3 Å². The van der Waals surface area contributed by atoms with Crippen molar-refractivity contribution in [1.29, 1.82) is 0 Å². The zero-order chi connectivity index (χ0) is 14.5. The number of nitrogens with one attached hydrogen (secondary N) is 1. The summed E-state index contributed by atoms with van der Waals surface area (Å²) in [4.78, 5) is 0. The fraction of sp³-hybridized carbons (Fsp3) is 0.438. The molecular formula is C16H22FN3. The van der Waals surface area contributed by atoms with E-state index in [0.717, 1.165) is 24.9 Å². The first kappa shape index (κ1) is 14.7. The number of aryl methyl sites for hydroxylation is 3. The van der Waals surface area contributed by atoms with E-state index in [1.165, 1.54) is 5.56 Å². The van der Waals surface area contributed by atoms with Gasteiger partial charge in [0.1, 0.15) is 5.82 Å². The number of benzene rings is 1. The highest BCUT2D eigenvalue weighted by molar-refractivity contribution is 5.26. The number of aromatic nitrogens is 2. The average Bonchev–Trinajstić information content (AvgIpc) is 2.84. The predicted octanol–water partition coefficient (Wildman–Crippen LogP) is 3.15. The third kappa shape index (κ3) is 3.67. The monoisotopic (exact) mass is 275 g/mol. The Labute approximate surface area is 119 Å². The molecule has 20 heavy (non-hydrogen) atoms. The van der Waals surface area contributed by atoms with Gasteiger partial charge in [0.05, 0.1) is 6.20 Å². The second kappa shape index (κ2) is 6.66. The van der Waals surface area contributed by atoms with Crippen LogP contribution in [0, 0.1) is 12.7 Å². The van der Waals surface area contributed by atoms with E-state index in [2.05, 4.69) is 17.3 Å². The van der Waals surface area contributed by atoms with Crippen LogP contribution in [0.1, 0.15) is 36.1 Å². The summed E-state index contributed by atoms with van der Waals surface area (Å²) in [5, 5.41) is 7.60. The molecule has 1 heterocycles. The molecule has 4 heteroatoms. The topological polar surface area (TPSA) is 29.9 Å². The Kier molecular flexibility index (Phi) is 4.90. The highest BCUT2D eigenvalue weighted by atomic mass is 19.1. The lowest BCUT2D eigenvalue weighted by Gasteiger charge is -2.18. The van der Waals surface area contributed by atoms with Gasteiger partial charge in [0.25, 0.3) is 0 Å². The van der Waals surface area contributed by atoms with Gasteiger partial charge in [0, 0.05) is 19.3 Å². The first-order chi connectivity index (χ1) is 9.60. The van der Waals surface area contributed by atoms with Crippen LogP contribution in [0.25, 0.3) is 0 Å². The maximum absolute atomic E-state index is 13.7. The Morgan fingerprint density at radius 1 is 1.40 bits per heavy atom. The molecule has 0 bridgehead atoms. The Balaban J connectivity index is 2.07. The van der Waals surface area contributed by atoms with Gasteiger partial charge < -0.3 is 5.32 Å². The second-order valence-corrected chi connectivity index (χ2v) is 5.18. The van der Waals surface area contributed by atoms with E-state index >= 15 is 0 Å². The quantitative estimate of drug-likeness (QED) is 0.877. The lowest BCUT2D eigenvalue weighted by Crippen LogP contribution is -2.21. The Bertz CT molecular complexity index is 563. The molecule has 3 nitrogen and oxygen atoms in total. The largest absolute Gasteiger partial charge is 0.310 e. The van der Waals surface area contributed by atoms with Crippen LogP contribution in [0.15, 0.2) is 30.6 Å². The molecule has 0 aliphatic rings. The van der Waals surface area contributed by atoms with Gasteiger partial charge in [-0.15, -0.1) is 0 Å². The molecule has 0 radical (unpaired) electrons. The molecule has 1 unspecified atom stereocenters. The number of hydrogen-bond acceptors (Lipinski definition) is 2. The molecular weight excluding hydrogens is 253 g/mol. The number of rotatable bonds is 6. The molecule has 0 saturated heterocycles. The highest BCUT2D eigenvalue weighted by Crippen LogP contribution is 2.21. The van der Waals surface area contributed by atoms with Gasteiger partial charge in [-0.05, 0) is 49.1 Å². The van der Waals surface area contributed by atoms with Crippen LogP contribution in [0.2, 0.25) is 0 Å². The molecule has 0 aliphatic carbocycles. The van der Waals surface area contributed by atoms with Crippen LogP contribution >= 0.6 is 0 Å². The fourth-order valence-corrected chi connectivity index (χ4v) is 2.37. The van der Waals surface area contributed by atoms with Crippen molar-refractivity contribution in [2.45, 2.75) is 32.7 Å². The number of hydrogen-bond donors (Lipinski definition) is 1. The van der Waals surface area contributed by atoms with Gasteiger partial charge in [-0.3, -0.25) is 4.68 Å². The molecule has 0 saturated carbocycles. The Morgan fingerprint density at radius 3 is 2.80 bits per heavy atom. The molecule has 0 aliphatic heterocycles.